The van der Waals surface area contributed by atoms with Gasteiger partial charge in [-0.2, -0.15) is 5.26 Å². The van der Waals surface area contributed by atoms with Gasteiger partial charge in [0.1, 0.15) is 0 Å². The van der Waals surface area contributed by atoms with E-state index in [0.29, 0.717) is 12.5 Å². The summed E-state index contributed by atoms with van der Waals surface area (Å²) >= 11 is 0. The zero-order valence-electron chi connectivity index (χ0n) is 12.2. The number of nitriles is 1. The molecule has 0 aromatic heterocycles. The predicted octanol–water partition coefficient (Wildman–Crippen LogP) is 4.22. The van der Waals surface area contributed by atoms with E-state index in [-0.39, 0.29) is 0 Å². The number of rotatable bonds is 11. The van der Waals surface area contributed by atoms with Gasteiger partial charge in [-0.25, -0.2) is 0 Å². The molecule has 1 atom stereocenters. The first kappa shape index (κ1) is 16.5. The summed E-state index contributed by atoms with van der Waals surface area (Å²) in [7, 11) is 0. The van der Waals surface area contributed by atoms with Crippen LogP contribution in [0.2, 0.25) is 0 Å². The summed E-state index contributed by atoms with van der Waals surface area (Å²) in [6.07, 6.45) is 13.2. The summed E-state index contributed by atoms with van der Waals surface area (Å²) in [6.45, 7) is 2.74. The van der Waals surface area contributed by atoms with Gasteiger partial charge in [-0.15, -0.1) is 0 Å². The van der Waals surface area contributed by atoms with Crippen LogP contribution < -0.4 is 0 Å². The van der Waals surface area contributed by atoms with Crippen LogP contribution in [0.3, 0.4) is 0 Å². The molecular weight excluding hydrogens is 238 g/mol. The van der Waals surface area contributed by atoms with Crippen LogP contribution in [-0.4, -0.2) is 25.9 Å². The Labute approximate surface area is 118 Å². The van der Waals surface area contributed by atoms with Crippen LogP contribution in [0, 0.1) is 11.3 Å². The molecule has 1 saturated heterocycles. The van der Waals surface area contributed by atoms with Gasteiger partial charge >= 0.3 is 0 Å². The molecule has 1 aliphatic rings. The van der Waals surface area contributed by atoms with Crippen molar-refractivity contribution >= 4 is 0 Å². The van der Waals surface area contributed by atoms with E-state index in [1.165, 1.54) is 38.5 Å². The number of hydrogen-bond donors (Lipinski definition) is 0. The van der Waals surface area contributed by atoms with E-state index < -0.39 is 0 Å². The summed E-state index contributed by atoms with van der Waals surface area (Å²) in [6, 6.07) is 2.18. The lowest BCUT2D eigenvalue weighted by molar-refractivity contribution is 0.00841. The Morgan fingerprint density at radius 1 is 1.00 bits per heavy atom. The second kappa shape index (κ2) is 12.4. The molecule has 1 aliphatic heterocycles. The summed E-state index contributed by atoms with van der Waals surface area (Å²) in [5.41, 5.74) is 0. The molecule has 0 aliphatic carbocycles. The van der Waals surface area contributed by atoms with Crippen LogP contribution in [0.25, 0.3) is 0 Å². The molecule has 110 valence electrons. The minimum absolute atomic E-state index is 0.522. The molecule has 0 N–H and O–H groups in total. The monoisotopic (exact) mass is 267 g/mol. The quantitative estimate of drug-likeness (QED) is 0.526. The Morgan fingerprint density at radius 2 is 1.79 bits per heavy atom. The van der Waals surface area contributed by atoms with E-state index in [2.05, 4.69) is 6.07 Å². The van der Waals surface area contributed by atoms with Crippen molar-refractivity contribution in [2.24, 2.45) is 0 Å². The van der Waals surface area contributed by atoms with Crippen molar-refractivity contribution in [3.8, 4) is 6.07 Å². The molecule has 1 heterocycles. The van der Waals surface area contributed by atoms with Gasteiger partial charge in [0.25, 0.3) is 0 Å². The molecule has 0 spiro atoms. The Morgan fingerprint density at radius 3 is 2.53 bits per heavy atom. The van der Waals surface area contributed by atoms with Crippen LogP contribution in [0.1, 0.15) is 70.6 Å². The molecule has 0 bridgehead atoms. The van der Waals surface area contributed by atoms with E-state index in [0.717, 1.165) is 45.5 Å². The lowest BCUT2D eigenvalue weighted by Crippen LogP contribution is -2.18. The maximum Gasteiger partial charge on any atom is 0.0621 e. The molecule has 0 saturated carbocycles. The van der Waals surface area contributed by atoms with Crippen LogP contribution >= 0.6 is 0 Å². The molecule has 3 heteroatoms. The second-order valence-corrected chi connectivity index (χ2v) is 5.42. The zero-order chi connectivity index (χ0) is 13.6. The van der Waals surface area contributed by atoms with Gasteiger partial charge in [0.05, 0.1) is 12.2 Å². The van der Waals surface area contributed by atoms with Gasteiger partial charge in [0.2, 0.25) is 0 Å². The minimum Gasteiger partial charge on any atom is -0.381 e. The predicted molar refractivity (Wildman–Crippen MR) is 77.0 cm³/mol. The van der Waals surface area contributed by atoms with Crippen LogP contribution in [0.4, 0.5) is 0 Å². The molecule has 0 amide bonds. The molecule has 1 fully saturated rings. The van der Waals surface area contributed by atoms with E-state index in [1.54, 1.807) is 0 Å². The Bertz CT molecular complexity index is 231. The van der Waals surface area contributed by atoms with E-state index in [1.807, 2.05) is 0 Å². The summed E-state index contributed by atoms with van der Waals surface area (Å²) in [5, 5.41) is 8.40. The highest BCUT2D eigenvalue weighted by Crippen LogP contribution is 2.17. The first-order chi connectivity index (χ1) is 9.43. The summed E-state index contributed by atoms with van der Waals surface area (Å²) in [5.74, 6) is 0. The van der Waals surface area contributed by atoms with Gasteiger partial charge in [-0.3, -0.25) is 0 Å². The summed E-state index contributed by atoms with van der Waals surface area (Å²) < 4.78 is 11.3. The highest BCUT2D eigenvalue weighted by atomic mass is 16.5. The van der Waals surface area contributed by atoms with Crippen molar-refractivity contribution in [1.82, 2.24) is 0 Å². The van der Waals surface area contributed by atoms with E-state index >= 15 is 0 Å². The Balaban J connectivity index is 1.72. The van der Waals surface area contributed by atoms with Gasteiger partial charge < -0.3 is 9.47 Å². The maximum atomic E-state index is 8.40. The van der Waals surface area contributed by atoms with Gasteiger partial charge in [-0.05, 0) is 51.4 Å². The molecule has 3 nitrogen and oxygen atoms in total. The molecule has 0 radical (unpaired) electrons. The number of ether oxygens (including phenoxy) is 2. The highest BCUT2D eigenvalue weighted by Gasteiger charge is 2.12. The smallest absolute Gasteiger partial charge is 0.0621 e. The molecule has 1 rings (SSSR count). The third kappa shape index (κ3) is 9.92. The van der Waals surface area contributed by atoms with Crippen LogP contribution in [0.5, 0.6) is 0 Å². The van der Waals surface area contributed by atoms with Gasteiger partial charge in [0.15, 0.2) is 0 Å². The standard InChI is InChI=1S/C16H29NO2/c17-12-6-2-1-3-7-13-18-14-8-4-10-16-11-5-9-15-19-16/h16H,1-11,13-15H2. The third-order valence-corrected chi connectivity index (χ3v) is 3.67. The molecular formula is C16H29NO2. The number of hydrogen-bond acceptors (Lipinski definition) is 3. The third-order valence-electron chi connectivity index (χ3n) is 3.67. The fourth-order valence-electron chi connectivity index (χ4n) is 2.48. The fraction of sp³-hybridized carbons (Fsp3) is 0.938. The first-order valence-electron chi connectivity index (χ1n) is 8.00. The van der Waals surface area contributed by atoms with E-state index in [9.17, 15) is 0 Å². The second-order valence-electron chi connectivity index (χ2n) is 5.42. The van der Waals surface area contributed by atoms with Crippen molar-refractivity contribution < 1.29 is 9.47 Å². The fourth-order valence-corrected chi connectivity index (χ4v) is 2.48. The van der Waals surface area contributed by atoms with Crippen LogP contribution in [-0.2, 0) is 9.47 Å². The van der Waals surface area contributed by atoms with Crippen molar-refractivity contribution in [2.45, 2.75) is 76.7 Å². The van der Waals surface area contributed by atoms with Gasteiger partial charge in [-0.1, -0.05) is 12.8 Å². The molecule has 0 aromatic rings. The first-order valence-corrected chi connectivity index (χ1v) is 8.00. The summed E-state index contributed by atoms with van der Waals surface area (Å²) in [4.78, 5) is 0. The SMILES string of the molecule is N#CCCCCCCOCCCCC1CCCCO1. The minimum atomic E-state index is 0.522. The maximum absolute atomic E-state index is 8.40. The molecule has 0 aromatic carbocycles. The van der Waals surface area contributed by atoms with Crippen molar-refractivity contribution in [1.29, 1.82) is 5.26 Å². The normalized spacial score (nSPS) is 19.2. The Kier molecular flexibility index (Phi) is 10.8. The average Bonchev–Trinajstić information content (AvgIpc) is 2.46. The van der Waals surface area contributed by atoms with Crippen molar-refractivity contribution in [3.63, 3.8) is 0 Å². The highest BCUT2D eigenvalue weighted by molar-refractivity contribution is 4.67. The lowest BCUT2D eigenvalue weighted by atomic mass is 10.0. The Hall–Kier alpha value is -0.590. The zero-order valence-corrected chi connectivity index (χ0v) is 12.2. The van der Waals surface area contributed by atoms with Crippen molar-refractivity contribution in [3.05, 3.63) is 0 Å². The van der Waals surface area contributed by atoms with Crippen molar-refractivity contribution in [2.75, 3.05) is 19.8 Å². The molecule has 19 heavy (non-hydrogen) atoms. The van der Waals surface area contributed by atoms with Crippen LogP contribution in [0.15, 0.2) is 0 Å². The average molecular weight is 267 g/mol. The van der Waals surface area contributed by atoms with Gasteiger partial charge in [0, 0.05) is 26.2 Å². The lowest BCUT2D eigenvalue weighted by Gasteiger charge is -2.22. The number of nitrogens with zero attached hydrogens (tertiary/aromatic N) is 1. The number of unbranched alkanes of at least 4 members (excludes halogenated alkanes) is 5. The van der Waals surface area contributed by atoms with E-state index in [4.69, 9.17) is 14.7 Å². The largest absolute Gasteiger partial charge is 0.381 e. The topological polar surface area (TPSA) is 42.2 Å². The molecule has 1 unspecified atom stereocenters.